The highest BCUT2D eigenvalue weighted by Gasteiger charge is 2.35. The Balaban J connectivity index is 2.08. The fraction of sp³-hybridized carbons (Fsp3) is 0.368. The van der Waals surface area contributed by atoms with Crippen LogP contribution >= 0.6 is 0 Å². The Morgan fingerprint density at radius 2 is 1.30 bits per heavy atom. The van der Waals surface area contributed by atoms with E-state index in [4.69, 9.17) is 5.73 Å². The molecule has 2 N–H and O–H groups in total. The molecule has 2 aromatic rings. The molecule has 0 aromatic heterocycles. The second-order valence-electron chi connectivity index (χ2n) is 6.01. The lowest BCUT2D eigenvalue weighted by molar-refractivity contribution is 0.442. The molecule has 0 radical (unpaired) electrons. The summed E-state index contributed by atoms with van der Waals surface area (Å²) in [6.45, 7) is 0. The van der Waals surface area contributed by atoms with Crippen LogP contribution in [-0.4, -0.2) is 6.04 Å². The Labute approximate surface area is 121 Å². The predicted octanol–water partition coefficient (Wildman–Crippen LogP) is 4.26. The van der Waals surface area contributed by atoms with E-state index in [1.165, 1.54) is 24.0 Å². The molecule has 0 heterocycles. The summed E-state index contributed by atoms with van der Waals surface area (Å²) in [6.07, 6.45) is 5.84. The third-order valence-electron chi connectivity index (χ3n) is 4.77. The van der Waals surface area contributed by atoms with Gasteiger partial charge in [0.25, 0.3) is 0 Å². The topological polar surface area (TPSA) is 26.0 Å². The summed E-state index contributed by atoms with van der Waals surface area (Å²) in [6, 6.07) is 22.3. The van der Waals surface area contributed by atoms with Crippen LogP contribution in [0.15, 0.2) is 60.7 Å². The first-order valence-corrected chi connectivity index (χ1v) is 7.68. The van der Waals surface area contributed by atoms with Gasteiger partial charge in [0.05, 0.1) is 0 Å². The van der Waals surface area contributed by atoms with Gasteiger partial charge in [0, 0.05) is 11.5 Å². The molecule has 0 amide bonds. The summed E-state index contributed by atoms with van der Waals surface area (Å²) in [5, 5.41) is 0. The number of nitrogens with two attached hydrogens (primary N) is 1. The van der Waals surface area contributed by atoms with Gasteiger partial charge in [-0.2, -0.15) is 0 Å². The molecule has 3 rings (SSSR count). The lowest BCUT2D eigenvalue weighted by atomic mass is 9.69. The van der Waals surface area contributed by atoms with Crippen molar-refractivity contribution < 1.29 is 0 Å². The molecular weight excluding hydrogens is 242 g/mol. The molecule has 1 aliphatic rings. The van der Waals surface area contributed by atoms with Gasteiger partial charge in [-0.15, -0.1) is 0 Å². The summed E-state index contributed by atoms with van der Waals surface area (Å²) >= 11 is 0. The molecule has 104 valence electrons. The number of rotatable bonds is 2. The van der Waals surface area contributed by atoms with E-state index in [-0.39, 0.29) is 5.41 Å². The molecular formula is C19H23N. The minimum atomic E-state index is 0.149. The van der Waals surface area contributed by atoms with Crippen molar-refractivity contribution in [1.29, 1.82) is 0 Å². The van der Waals surface area contributed by atoms with E-state index >= 15 is 0 Å². The van der Waals surface area contributed by atoms with E-state index in [1.807, 2.05) is 0 Å². The fourth-order valence-electron chi connectivity index (χ4n) is 3.63. The molecule has 1 nitrogen and oxygen atoms in total. The van der Waals surface area contributed by atoms with Gasteiger partial charge in [-0.1, -0.05) is 67.1 Å². The molecule has 1 fully saturated rings. The Kier molecular flexibility index (Phi) is 3.88. The number of hydrogen-bond acceptors (Lipinski definition) is 1. The number of benzene rings is 2. The first kappa shape index (κ1) is 13.4. The molecule has 0 aliphatic heterocycles. The van der Waals surface area contributed by atoms with Crippen molar-refractivity contribution >= 4 is 0 Å². The van der Waals surface area contributed by atoms with Gasteiger partial charge in [0.1, 0.15) is 0 Å². The van der Waals surface area contributed by atoms with Gasteiger partial charge < -0.3 is 5.73 Å². The van der Waals surface area contributed by atoms with Crippen molar-refractivity contribution in [2.45, 2.75) is 43.6 Å². The molecule has 1 aliphatic carbocycles. The van der Waals surface area contributed by atoms with Crippen LogP contribution in [-0.2, 0) is 5.41 Å². The van der Waals surface area contributed by atoms with E-state index in [9.17, 15) is 0 Å². The zero-order chi connectivity index (χ0) is 13.8. The smallest absolute Gasteiger partial charge is 0.0203 e. The van der Waals surface area contributed by atoms with E-state index in [1.54, 1.807) is 0 Å². The number of hydrogen-bond donors (Lipinski definition) is 1. The highest BCUT2D eigenvalue weighted by molar-refractivity contribution is 5.39. The summed E-state index contributed by atoms with van der Waals surface area (Å²) in [7, 11) is 0. The van der Waals surface area contributed by atoms with Gasteiger partial charge in [-0.3, -0.25) is 0 Å². The molecule has 1 unspecified atom stereocenters. The molecule has 2 aromatic carbocycles. The zero-order valence-electron chi connectivity index (χ0n) is 12.0. The van der Waals surface area contributed by atoms with Crippen LogP contribution < -0.4 is 5.73 Å². The van der Waals surface area contributed by atoms with Gasteiger partial charge in [0.2, 0.25) is 0 Å². The predicted molar refractivity (Wildman–Crippen MR) is 84.7 cm³/mol. The van der Waals surface area contributed by atoms with Crippen molar-refractivity contribution in [3.05, 3.63) is 71.8 Å². The Hall–Kier alpha value is -1.60. The third kappa shape index (κ3) is 2.51. The van der Waals surface area contributed by atoms with Crippen molar-refractivity contribution in [2.75, 3.05) is 0 Å². The van der Waals surface area contributed by atoms with Crippen molar-refractivity contribution in [3.63, 3.8) is 0 Å². The van der Waals surface area contributed by atoms with Crippen LogP contribution in [0.5, 0.6) is 0 Å². The molecule has 0 bridgehead atoms. The van der Waals surface area contributed by atoms with Crippen LogP contribution in [0.1, 0.15) is 43.2 Å². The molecule has 20 heavy (non-hydrogen) atoms. The lowest BCUT2D eigenvalue weighted by Gasteiger charge is -2.34. The first-order chi connectivity index (χ1) is 9.81. The highest BCUT2D eigenvalue weighted by atomic mass is 14.6. The van der Waals surface area contributed by atoms with E-state index in [2.05, 4.69) is 60.7 Å². The average Bonchev–Trinajstić information content (AvgIpc) is 2.72. The highest BCUT2D eigenvalue weighted by Crippen LogP contribution is 2.43. The van der Waals surface area contributed by atoms with E-state index in [0.29, 0.717) is 6.04 Å². The Morgan fingerprint density at radius 3 is 1.85 bits per heavy atom. The normalized spacial score (nSPS) is 22.1. The van der Waals surface area contributed by atoms with Gasteiger partial charge in [-0.05, 0) is 36.8 Å². The maximum atomic E-state index is 6.21. The van der Waals surface area contributed by atoms with Crippen molar-refractivity contribution in [3.8, 4) is 0 Å². The summed E-state index contributed by atoms with van der Waals surface area (Å²) in [4.78, 5) is 0. The Morgan fingerprint density at radius 1 is 0.750 bits per heavy atom. The van der Waals surface area contributed by atoms with Crippen LogP contribution in [0.2, 0.25) is 0 Å². The molecule has 0 spiro atoms. The zero-order valence-corrected chi connectivity index (χ0v) is 12.0. The molecule has 1 atom stereocenters. The monoisotopic (exact) mass is 265 g/mol. The minimum Gasteiger partial charge on any atom is -0.328 e. The van der Waals surface area contributed by atoms with E-state index in [0.717, 1.165) is 19.3 Å². The molecule has 1 heteroatoms. The second-order valence-corrected chi connectivity index (χ2v) is 6.01. The van der Waals surface area contributed by atoms with Crippen LogP contribution in [0, 0.1) is 0 Å². The third-order valence-corrected chi connectivity index (χ3v) is 4.77. The average molecular weight is 265 g/mol. The maximum Gasteiger partial charge on any atom is 0.0203 e. The quantitative estimate of drug-likeness (QED) is 0.806. The summed E-state index contributed by atoms with van der Waals surface area (Å²) < 4.78 is 0. The SMILES string of the molecule is NC1CCCC(c2ccccc2)(c2ccccc2)CC1. The van der Waals surface area contributed by atoms with Crippen molar-refractivity contribution in [1.82, 2.24) is 0 Å². The van der Waals surface area contributed by atoms with Gasteiger partial charge in [0.15, 0.2) is 0 Å². The van der Waals surface area contributed by atoms with E-state index < -0.39 is 0 Å². The van der Waals surface area contributed by atoms with Crippen LogP contribution in [0.25, 0.3) is 0 Å². The maximum absolute atomic E-state index is 6.21. The molecule has 0 saturated heterocycles. The summed E-state index contributed by atoms with van der Waals surface area (Å²) in [5.74, 6) is 0. The van der Waals surface area contributed by atoms with Gasteiger partial charge in [-0.25, -0.2) is 0 Å². The van der Waals surface area contributed by atoms with Crippen LogP contribution in [0.3, 0.4) is 0 Å². The second kappa shape index (κ2) is 5.80. The lowest BCUT2D eigenvalue weighted by Crippen LogP contribution is -2.28. The first-order valence-electron chi connectivity index (χ1n) is 7.68. The van der Waals surface area contributed by atoms with Crippen molar-refractivity contribution in [2.24, 2.45) is 5.73 Å². The minimum absolute atomic E-state index is 0.149. The summed E-state index contributed by atoms with van der Waals surface area (Å²) in [5.41, 5.74) is 9.25. The standard InChI is InChI=1S/C19H23N/c20-18-12-7-14-19(15-13-18,16-8-3-1-4-9-16)17-10-5-2-6-11-17/h1-6,8-11,18H,7,12-15,20H2. The van der Waals surface area contributed by atoms with Gasteiger partial charge >= 0.3 is 0 Å². The Bertz CT molecular complexity index is 493. The largest absolute Gasteiger partial charge is 0.328 e. The molecule has 1 saturated carbocycles. The fourth-order valence-corrected chi connectivity index (χ4v) is 3.63. The van der Waals surface area contributed by atoms with Crippen LogP contribution in [0.4, 0.5) is 0 Å².